The molecule has 2 N–H and O–H groups in total. The third-order valence-corrected chi connectivity index (χ3v) is 5.71. The maximum atomic E-state index is 13.4. The Morgan fingerprint density at radius 3 is 2.93 bits per heavy atom. The second-order valence-electron chi connectivity index (χ2n) is 6.47. The Bertz CT molecular complexity index is 995. The molecule has 1 aromatic carbocycles. The van der Waals surface area contributed by atoms with E-state index >= 15 is 0 Å². The molecule has 1 saturated heterocycles. The van der Waals surface area contributed by atoms with Gasteiger partial charge in [-0.25, -0.2) is 14.4 Å². The van der Waals surface area contributed by atoms with Gasteiger partial charge in [0.25, 0.3) is 0 Å². The summed E-state index contributed by atoms with van der Waals surface area (Å²) >= 11 is 1.61. The lowest BCUT2D eigenvalue weighted by Gasteiger charge is -2.15. The van der Waals surface area contributed by atoms with Gasteiger partial charge in [-0.1, -0.05) is 6.07 Å². The summed E-state index contributed by atoms with van der Waals surface area (Å²) in [5.74, 6) is 0.815. The number of hydrogen-bond acceptors (Lipinski definition) is 6. The van der Waals surface area contributed by atoms with Crippen LogP contribution in [0.1, 0.15) is 12.0 Å². The molecule has 0 saturated carbocycles. The van der Waals surface area contributed by atoms with Gasteiger partial charge in [-0.2, -0.15) is 0 Å². The second-order valence-corrected chi connectivity index (χ2v) is 7.50. The number of alkyl halides is 1. The minimum atomic E-state index is -0.757. The summed E-state index contributed by atoms with van der Waals surface area (Å²) in [6.07, 6.45) is 4.75. The molecule has 2 aromatic heterocycles. The SMILES string of the molecule is CN/C=C(\C=N)c1ccc2sc(-c3ccc(N4CC[C@@H](F)C4)nc3)nc2c1. The predicted octanol–water partition coefficient (Wildman–Crippen LogP) is 4.12. The van der Waals surface area contributed by atoms with E-state index in [9.17, 15) is 4.39 Å². The Labute approximate surface area is 161 Å². The summed E-state index contributed by atoms with van der Waals surface area (Å²) in [6.45, 7) is 1.14. The zero-order chi connectivity index (χ0) is 18.8. The highest BCUT2D eigenvalue weighted by molar-refractivity contribution is 7.21. The van der Waals surface area contributed by atoms with Gasteiger partial charge < -0.3 is 15.6 Å². The van der Waals surface area contributed by atoms with Crippen molar-refractivity contribution >= 4 is 39.2 Å². The van der Waals surface area contributed by atoms with Gasteiger partial charge in [-0.15, -0.1) is 11.3 Å². The van der Waals surface area contributed by atoms with E-state index in [-0.39, 0.29) is 0 Å². The van der Waals surface area contributed by atoms with Crippen molar-refractivity contribution in [1.82, 2.24) is 15.3 Å². The zero-order valence-electron chi connectivity index (χ0n) is 14.9. The first kappa shape index (κ1) is 17.6. The third kappa shape index (κ3) is 3.55. The number of anilines is 1. The standard InChI is InChI=1S/C20H20FN5S/c1-23-10-15(9-22)13-2-4-18-17(8-13)25-20(27-18)14-3-5-19(24-11-14)26-7-6-16(21)12-26/h2-5,8-11,16,22-23H,6-7,12H2,1H3/b15-10+,22-9?/t16-/m1/s1. The smallest absolute Gasteiger partial charge is 0.128 e. The molecular weight excluding hydrogens is 361 g/mol. The minimum absolute atomic E-state index is 0.422. The molecule has 1 atom stereocenters. The molecule has 5 nitrogen and oxygen atoms in total. The number of aromatic nitrogens is 2. The number of nitrogens with one attached hydrogen (secondary N) is 2. The van der Waals surface area contributed by atoms with Crippen LogP contribution in [-0.2, 0) is 0 Å². The molecule has 138 valence electrons. The number of fused-ring (bicyclic) bond motifs is 1. The van der Waals surface area contributed by atoms with Crippen LogP contribution in [0.4, 0.5) is 10.2 Å². The highest BCUT2D eigenvalue weighted by atomic mass is 32.1. The van der Waals surface area contributed by atoms with Crippen LogP contribution in [0.2, 0.25) is 0 Å². The quantitative estimate of drug-likeness (QED) is 0.653. The van der Waals surface area contributed by atoms with Crippen molar-refractivity contribution in [2.75, 3.05) is 25.0 Å². The molecule has 0 bridgehead atoms. The van der Waals surface area contributed by atoms with Crippen LogP contribution in [0.5, 0.6) is 0 Å². The lowest BCUT2D eigenvalue weighted by Crippen LogP contribution is -2.20. The van der Waals surface area contributed by atoms with Crippen LogP contribution in [0, 0.1) is 5.41 Å². The lowest BCUT2D eigenvalue weighted by molar-refractivity contribution is 0.364. The van der Waals surface area contributed by atoms with E-state index in [1.165, 1.54) is 6.21 Å². The Balaban J connectivity index is 1.62. The number of pyridine rings is 1. The number of thiazole rings is 1. The van der Waals surface area contributed by atoms with Crippen molar-refractivity contribution in [3.05, 3.63) is 48.3 Å². The van der Waals surface area contributed by atoms with Gasteiger partial charge in [0.05, 0.1) is 16.8 Å². The van der Waals surface area contributed by atoms with Crippen molar-refractivity contribution in [3.8, 4) is 10.6 Å². The van der Waals surface area contributed by atoms with Crippen LogP contribution >= 0.6 is 11.3 Å². The Hall–Kier alpha value is -2.80. The zero-order valence-corrected chi connectivity index (χ0v) is 15.8. The first-order valence-corrected chi connectivity index (χ1v) is 9.64. The predicted molar refractivity (Wildman–Crippen MR) is 110 cm³/mol. The highest BCUT2D eigenvalue weighted by Gasteiger charge is 2.22. The molecule has 1 aliphatic heterocycles. The van der Waals surface area contributed by atoms with E-state index in [2.05, 4.69) is 10.3 Å². The fraction of sp³-hybridized carbons (Fsp3) is 0.250. The van der Waals surface area contributed by atoms with Gasteiger partial charge in [0.15, 0.2) is 0 Å². The summed E-state index contributed by atoms with van der Waals surface area (Å²) < 4.78 is 14.5. The maximum absolute atomic E-state index is 13.4. The third-order valence-electron chi connectivity index (χ3n) is 4.63. The molecular formula is C20H20FN5S. The molecule has 27 heavy (non-hydrogen) atoms. The van der Waals surface area contributed by atoms with E-state index in [1.54, 1.807) is 17.5 Å². The van der Waals surface area contributed by atoms with Gasteiger partial charge in [0.2, 0.25) is 0 Å². The Morgan fingerprint density at radius 2 is 2.26 bits per heavy atom. The number of benzene rings is 1. The number of hydrogen-bond donors (Lipinski definition) is 2. The van der Waals surface area contributed by atoms with Crippen molar-refractivity contribution in [1.29, 1.82) is 5.41 Å². The van der Waals surface area contributed by atoms with Gasteiger partial charge >= 0.3 is 0 Å². The first-order valence-electron chi connectivity index (χ1n) is 8.82. The van der Waals surface area contributed by atoms with Crippen LogP contribution in [0.15, 0.2) is 42.7 Å². The van der Waals surface area contributed by atoms with E-state index in [1.807, 2.05) is 48.5 Å². The van der Waals surface area contributed by atoms with Gasteiger partial charge in [0, 0.05) is 43.3 Å². The maximum Gasteiger partial charge on any atom is 0.128 e. The van der Waals surface area contributed by atoms with Crippen LogP contribution < -0.4 is 10.2 Å². The summed E-state index contributed by atoms with van der Waals surface area (Å²) in [7, 11) is 1.81. The van der Waals surface area contributed by atoms with E-state index in [0.717, 1.165) is 37.7 Å². The molecule has 1 fully saturated rings. The molecule has 7 heteroatoms. The monoisotopic (exact) mass is 381 g/mol. The summed E-state index contributed by atoms with van der Waals surface area (Å²) in [5, 5.41) is 11.4. The largest absolute Gasteiger partial charge is 0.393 e. The average molecular weight is 381 g/mol. The fourth-order valence-corrected chi connectivity index (χ4v) is 4.16. The minimum Gasteiger partial charge on any atom is -0.393 e. The van der Waals surface area contributed by atoms with E-state index < -0.39 is 6.17 Å². The topological polar surface area (TPSA) is 64.9 Å². The van der Waals surface area contributed by atoms with E-state index in [0.29, 0.717) is 19.5 Å². The van der Waals surface area contributed by atoms with Crippen molar-refractivity contribution in [2.24, 2.45) is 0 Å². The average Bonchev–Trinajstić information content (AvgIpc) is 3.32. The van der Waals surface area contributed by atoms with Crippen LogP contribution in [-0.4, -0.2) is 42.5 Å². The lowest BCUT2D eigenvalue weighted by atomic mass is 10.1. The molecule has 0 unspecified atom stereocenters. The van der Waals surface area contributed by atoms with Crippen molar-refractivity contribution in [3.63, 3.8) is 0 Å². The van der Waals surface area contributed by atoms with E-state index in [4.69, 9.17) is 10.4 Å². The first-order chi connectivity index (χ1) is 13.2. The number of allylic oxidation sites excluding steroid dienone is 1. The Morgan fingerprint density at radius 1 is 1.37 bits per heavy atom. The number of nitrogens with zero attached hydrogens (tertiary/aromatic N) is 3. The fourth-order valence-electron chi connectivity index (χ4n) is 3.22. The summed E-state index contributed by atoms with van der Waals surface area (Å²) in [5.41, 5.74) is 3.61. The molecule has 0 spiro atoms. The molecule has 3 heterocycles. The second kappa shape index (κ2) is 7.44. The van der Waals surface area contributed by atoms with Gasteiger partial charge in [0.1, 0.15) is 17.0 Å². The highest BCUT2D eigenvalue weighted by Crippen LogP contribution is 2.32. The van der Waals surface area contributed by atoms with Crippen molar-refractivity contribution in [2.45, 2.75) is 12.6 Å². The molecule has 1 aliphatic rings. The molecule has 4 rings (SSSR count). The summed E-state index contributed by atoms with van der Waals surface area (Å²) in [6, 6.07) is 9.97. The van der Waals surface area contributed by atoms with Gasteiger partial charge in [-0.3, -0.25) is 0 Å². The number of halogens is 1. The molecule has 0 amide bonds. The molecule has 3 aromatic rings. The number of rotatable bonds is 5. The van der Waals surface area contributed by atoms with Crippen LogP contribution in [0.3, 0.4) is 0 Å². The summed E-state index contributed by atoms with van der Waals surface area (Å²) in [4.78, 5) is 11.2. The Kier molecular flexibility index (Phi) is 4.85. The van der Waals surface area contributed by atoms with Crippen molar-refractivity contribution < 1.29 is 4.39 Å². The van der Waals surface area contributed by atoms with Crippen LogP contribution in [0.25, 0.3) is 26.4 Å². The molecule has 0 radical (unpaired) electrons. The molecule has 0 aliphatic carbocycles. The van der Waals surface area contributed by atoms with Gasteiger partial charge in [-0.05, 0) is 36.2 Å². The normalized spacial score (nSPS) is 17.5.